The summed E-state index contributed by atoms with van der Waals surface area (Å²) in [6, 6.07) is 0. The van der Waals surface area contributed by atoms with Crippen LogP contribution in [0.15, 0.2) is 41.0 Å². The third kappa shape index (κ3) is 1.97. The van der Waals surface area contributed by atoms with E-state index in [1.165, 1.54) is 0 Å². The predicted molar refractivity (Wildman–Crippen MR) is 52.0 cm³/mol. The number of hydrogen-bond donors (Lipinski definition) is 0. The molecule has 74 valence electrons. The molecule has 0 fully saturated rings. The first-order valence-electron chi connectivity index (χ1n) is 4.47. The smallest absolute Gasteiger partial charge is 0.148 e. The number of Topliss-reactive ketones (excluding diaryl/α,β-unsaturated/α-hetero) is 1. The van der Waals surface area contributed by atoms with Crippen molar-refractivity contribution in [2.45, 2.75) is 19.8 Å². The van der Waals surface area contributed by atoms with E-state index in [1.54, 1.807) is 6.92 Å². The molecule has 2 aliphatic carbocycles. The van der Waals surface area contributed by atoms with Crippen LogP contribution in [0.4, 0.5) is 0 Å². The third-order valence-electron chi connectivity index (χ3n) is 2.33. The van der Waals surface area contributed by atoms with Gasteiger partial charge in [-0.3, -0.25) is 4.79 Å². The van der Waals surface area contributed by atoms with Gasteiger partial charge in [-0.1, -0.05) is 25.0 Å². The molecule has 0 saturated heterocycles. The summed E-state index contributed by atoms with van der Waals surface area (Å²) in [5, 5.41) is 0. The van der Waals surface area contributed by atoms with Crippen LogP contribution in [-0.4, -0.2) is 5.78 Å². The number of carbonyl (C=O) groups excluding carboxylic acids is 1. The molecule has 0 aromatic carbocycles. The zero-order chi connectivity index (χ0) is 9.26. The minimum absolute atomic E-state index is 0. The van der Waals surface area contributed by atoms with Gasteiger partial charge < -0.3 is 0 Å². The van der Waals surface area contributed by atoms with Crippen LogP contribution in [0.3, 0.4) is 0 Å². The Morgan fingerprint density at radius 3 is 2.71 bits per heavy atom. The number of hydrogen-bond acceptors (Lipinski definition) is 1. The Hall–Kier alpha value is -0.851. The maximum absolute atomic E-state index is 11.2. The van der Waals surface area contributed by atoms with E-state index in [-0.39, 0.29) is 22.9 Å². The van der Waals surface area contributed by atoms with Gasteiger partial charge in [0.1, 0.15) is 5.78 Å². The van der Waals surface area contributed by atoms with Gasteiger partial charge in [0.05, 0.1) is 0 Å². The summed E-state index contributed by atoms with van der Waals surface area (Å²) < 4.78 is 0. The monoisotopic (exact) mass is 227 g/mol. The van der Waals surface area contributed by atoms with Gasteiger partial charge in [0.2, 0.25) is 0 Å². The summed E-state index contributed by atoms with van der Waals surface area (Å²) in [5.41, 5.74) is 3.10. The van der Waals surface area contributed by atoms with Crippen molar-refractivity contribution >= 4 is 5.78 Å². The van der Waals surface area contributed by atoms with Crippen molar-refractivity contribution in [3.63, 3.8) is 0 Å². The summed E-state index contributed by atoms with van der Waals surface area (Å²) >= 11 is 0. The summed E-state index contributed by atoms with van der Waals surface area (Å²) in [5.74, 6) is 0.151. The van der Waals surface area contributed by atoms with E-state index < -0.39 is 0 Å². The van der Waals surface area contributed by atoms with E-state index in [4.69, 9.17) is 0 Å². The van der Waals surface area contributed by atoms with Crippen LogP contribution in [0.2, 0.25) is 0 Å². The van der Waals surface area contributed by atoms with Crippen LogP contribution < -0.4 is 0 Å². The number of allylic oxidation sites excluding steroid dienone is 8. The SMILES string of the molecule is CC(=O)C1=C(C2=[C-]CC=C2)CC=C1.[Fe]. The predicted octanol–water partition coefficient (Wildman–Crippen LogP) is 2.52. The van der Waals surface area contributed by atoms with Gasteiger partial charge in [0.25, 0.3) is 0 Å². The summed E-state index contributed by atoms with van der Waals surface area (Å²) in [6.07, 6.45) is 13.1. The number of rotatable bonds is 2. The van der Waals surface area contributed by atoms with E-state index in [1.807, 2.05) is 18.2 Å². The molecule has 2 rings (SSSR count). The molecule has 0 N–H and O–H groups in total. The van der Waals surface area contributed by atoms with Crippen LogP contribution in [0.5, 0.6) is 0 Å². The normalized spacial score (nSPS) is 18.5. The van der Waals surface area contributed by atoms with Gasteiger partial charge in [-0.05, 0) is 12.5 Å². The second kappa shape index (κ2) is 4.58. The van der Waals surface area contributed by atoms with Crippen molar-refractivity contribution in [2.75, 3.05) is 0 Å². The standard InChI is InChI=1S/C12H11O.Fe/c1-9(13)11-7-4-8-12(11)10-5-2-3-6-10;/h2,4-5,7H,3,8H2,1H3;/q-1;. The minimum atomic E-state index is 0. The molecule has 2 aliphatic rings. The molecule has 0 saturated carbocycles. The van der Waals surface area contributed by atoms with Crippen molar-refractivity contribution in [2.24, 2.45) is 0 Å². The fourth-order valence-electron chi connectivity index (χ4n) is 1.70. The van der Waals surface area contributed by atoms with Crippen LogP contribution >= 0.6 is 0 Å². The van der Waals surface area contributed by atoms with E-state index in [9.17, 15) is 4.79 Å². The van der Waals surface area contributed by atoms with Gasteiger partial charge in [-0.25, -0.2) is 0 Å². The Bertz CT molecular complexity index is 370. The molecular formula is C12H11FeO-. The van der Waals surface area contributed by atoms with Crippen LogP contribution in [-0.2, 0) is 21.9 Å². The first-order valence-corrected chi connectivity index (χ1v) is 4.47. The fraction of sp³-hybridized carbons (Fsp3) is 0.250. The van der Waals surface area contributed by atoms with Crippen molar-refractivity contribution in [1.82, 2.24) is 0 Å². The molecule has 1 nitrogen and oxygen atoms in total. The maximum atomic E-state index is 11.2. The summed E-state index contributed by atoms with van der Waals surface area (Å²) in [6.45, 7) is 1.62. The molecule has 0 aromatic rings. The first kappa shape index (κ1) is 11.2. The average Bonchev–Trinajstić information content (AvgIpc) is 2.74. The van der Waals surface area contributed by atoms with Gasteiger partial charge in [0, 0.05) is 17.1 Å². The molecule has 0 aromatic heterocycles. The Labute approximate surface area is 94.7 Å². The van der Waals surface area contributed by atoms with E-state index in [0.29, 0.717) is 0 Å². The molecule has 0 radical (unpaired) electrons. The Morgan fingerprint density at radius 1 is 1.36 bits per heavy atom. The van der Waals surface area contributed by atoms with Gasteiger partial charge in [-0.15, -0.1) is 11.6 Å². The summed E-state index contributed by atoms with van der Waals surface area (Å²) in [7, 11) is 0. The van der Waals surface area contributed by atoms with Crippen molar-refractivity contribution < 1.29 is 21.9 Å². The summed E-state index contributed by atoms with van der Waals surface area (Å²) in [4.78, 5) is 11.2. The minimum Gasteiger partial charge on any atom is -0.296 e. The molecule has 2 heteroatoms. The van der Waals surface area contributed by atoms with Crippen LogP contribution in [0.1, 0.15) is 19.8 Å². The molecule has 0 aliphatic heterocycles. The second-order valence-electron chi connectivity index (χ2n) is 3.25. The van der Waals surface area contributed by atoms with Crippen molar-refractivity contribution in [3.05, 3.63) is 47.1 Å². The second-order valence-corrected chi connectivity index (χ2v) is 3.25. The first-order chi connectivity index (χ1) is 6.29. The molecule has 14 heavy (non-hydrogen) atoms. The van der Waals surface area contributed by atoms with Crippen molar-refractivity contribution in [1.29, 1.82) is 0 Å². The zero-order valence-corrected chi connectivity index (χ0v) is 9.09. The Balaban J connectivity index is 0.000000980. The van der Waals surface area contributed by atoms with Crippen molar-refractivity contribution in [3.8, 4) is 0 Å². The third-order valence-corrected chi connectivity index (χ3v) is 2.33. The molecule has 0 atom stereocenters. The molecular weight excluding hydrogens is 216 g/mol. The molecule has 0 amide bonds. The fourth-order valence-corrected chi connectivity index (χ4v) is 1.70. The van der Waals surface area contributed by atoms with E-state index in [0.717, 1.165) is 29.6 Å². The number of ketones is 1. The number of carbonyl (C=O) groups is 1. The molecule has 0 bridgehead atoms. The van der Waals surface area contributed by atoms with Crippen LogP contribution in [0, 0.1) is 6.08 Å². The largest absolute Gasteiger partial charge is 0.296 e. The Morgan fingerprint density at radius 2 is 2.14 bits per heavy atom. The van der Waals surface area contributed by atoms with Gasteiger partial charge in [0.15, 0.2) is 0 Å². The molecule has 0 spiro atoms. The maximum Gasteiger partial charge on any atom is 0.148 e. The van der Waals surface area contributed by atoms with Crippen LogP contribution in [0.25, 0.3) is 0 Å². The van der Waals surface area contributed by atoms with Gasteiger partial charge >= 0.3 is 0 Å². The molecule has 0 unspecified atom stereocenters. The molecule has 0 heterocycles. The van der Waals surface area contributed by atoms with Gasteiger partial charge in [-0.2, -0.15) is 17.7 Å². The zero-order valence-electron chi connectivity index (χ0n) is 7.99. The average molecular weight is 227 g/mol. The van der Waals surface area contributed by atoms with E-state index in [2.05, 4.69) is 12.2 Å². The quantitative estimate of drug-likeness (QED) is 0.523. The topological polar surface area (TPSA) is 17.1 Å². The Kier molecular flexibility index (Phi) is 3.68. The van der Waals surface area contributed by atoms with E-state index >= 15 is 0 Å².